The van der Waals surface area contributed by atoms with E-state index in [9.17, 15) is 9.18 Å². The van der Waals surface area contributed by atoms with Gasteiger partial charge < -0.3 is 15.5 Å². The van der Waals surface area contributed by atoms with Crippen molar-refractivity contribution < 1.29 is 9.18 Å². The van der Waals surface area contributed by atoms with Crippen LogP contribution in [0.5, 0.6) is 0 Å². The molecule has 0 atom stereocenters. The molecule has 1 fully saturated rings. The Balaban J connectivity index is 2.00. The number of piperidine rings is 1. The van der Waals surface area contributed by atoms with Gasteiger partial charge in [-0.3, -0.25) is 4.79 Å². The summed E-state index contributed by atoms with van der Waals surface area (Å²) < 4.78 is 13.8. The first-order chi connectivity index (χ1) is 10.1. The summed E-state index contributed by atoms with van der Waals surface area (Å²) in [7, 11) is 0. The van der Waals surface area contributed by atoms with Gasteiger partial charge in [0.1, 0.15) is 5.82 Å². The van der Waals surface area contributed by atoms with Gasteiger partial charge in [0.15, 0.2) is 0 Å². The van der Waals surface area contributed by atoms with E-state index >= 15 is 0 Å². The number of benzene rings is 1. The van der Waals surface area contributed by atoms with Crippen LogP contribution in [-0.2, 0) is 0 Å². The monoisotopic (exact) mass is 293 g/mol. The highest BCUT2D eigenvalue weighted by molar-refractivity contribution is 5.94. The van der Waals surface area contributed by atoms with Crippen molar-refractivity contribution in [3.63, 3.8) is 0 Å². The summed E-state index contributed by atoms with van der Waals surface area (Å²) in [5, 5.41) is 0. The van der Waals surface area contributed by atoms with Gasteiger partial charge in [-0.15, -0.1) is 0 Å². The van der Waals surface area contributed by atoms with E-state index in [4.69, 9.17) is 5.73 Å². The van der Waals surface area contributed by atoms with E-state index in [0.29, 0.717) is 24.8 Å². The van der Waals surface area contributed by atoms with Crippen molar-refractivity contribution >= 4 is 11.6 Å². The Bertz CT molecular complexity index is 494. The van der Waals surface area contributed by atoms with Crippen LogP contribution in [0.1, 0.15) is 37.0 Å². The molecule has 0 saturated carbocycles. The predicted molar refractivity (Wildman–Crippen MR) is 82.7 cm³/mol. The van der Waals surface area contributed by atoms with Crippen LogP contribution in [0.3, 0.4) is 0 Å². The molecule has 5 heteroatoms. The summed E-state index contributed by atoms with van der Waals surface area (Å²) >= 11 is 0. The minimum Gasteiger partial charge on any atom is -0.399 e. The minimum atomic E-state index is -0.536. The first-order valence-electron chi connectivity index (χ1n) is 7.65. The largest absolute Gasteiger partial charge is 0.399 e. The van der Waals surface area contributed by atoms with Crippen molar-refractivity contribution in [2.45, 2.75) is 32.7 Å². The second-order valence-electron chi connectivity index (χ2n) is 5.48. The van der Waals surface area contributed by atoms with E-state index in [0.717, 1.165) is 25.9 Å². The molecule has 1 amide bonds. The predicted octanol–water partition coefficient (Wildman–Crippen LogP) is 2.35. The fourth-order valence-electron chi connectivity index (χ4n) is 3.05. The lowest BCUT2D eigenvalue weighted by Crippen LogP contribution is -2.46. The van der Waals surface area contributed by atoms with Crippen molar-refractivity contribution in [3.8, 4) is 0 Å². The molecule has 0 aromatic heterocycles. The van der Waals surface area contributed by atoms with Crippen LogP contribution in [-0.4, -0.2) is 47.9 Å². The van der Waals surface area contributed by atoms with Gasteiger partial charge in [0.2, 0.25) is 0 Å². The van der Waals surface area contributed by atoms with Crippen LogP contribution in [0.25, 0.3) is 0 Å². The third-order valence-corrected chi connectivity index (χ3v) is 4.30. The number of rotatable bonds is 4. The molecule has 1 aromatic carbocycles. The number of halogens is 1. The average Bonchev–Trinajstić information content (AvgIpc) is 2.48. The van der Waals surface area contributed by atoms with E-state index in [1.165, 1.54) is 12.1 Å². The number of anilines is 1. The molecule has 0 unspecified atom stereocenters. The molecular formula is C16H24FN3O. The van der Waals surface area contributed by atoms with E-state index in [1.54, 1.807) is 11.0 Å². The van der Waals surface area contributed by atoms with E-state index < -0.39 is 5.82 Å². The molecule has 1 aliphatic heterocycles. The van der Waals surface area contributed by atoms with Crippen LogP contribution in [0.2, 0.25) is 0 Å². The zero-order chi connectivity index (χ0) is 15.4. The normalized spacial score (nSPS) is 16.5. The summed E-state index contributed by atoms with van der Waals surface area (Å²) in [5.41, 5.74) is 5.97. The molecule has 0 spiro atoms. The molecule has 0 radical (unpaired) electrons. The van der Waals surface area contributed by atoms with Gasteiger partial charge >= 0.3 is 0 Å². The van der Waals surface area contributed by atoms with Gasteiger partial charge in [0, 0.05) is 24.8 Å². The maximum absolute atomic E-state index is 13.8. The van der Waals surface area contributed by atoms with E-state index in [1.807, 2.05) is 0 Å². The summed E-state index contributed by atoms with van der Waals surface area (Å²) in [4.78, 5) is 16.5. The molecule has 0 bridgehead atoms. The smallest absolute Gasteiger partial charge is 0.256 e. The van der Waals surface area contributed by atoms with Crippen molar-refractivity contribution in [1.29, 1.82) is 0 Å². The summed E-state index contributed by atoms with van der Waals surface area (Å²) in [6, 6.07) is 4.78. The quantitative estimate of drug-likeness (QED) is 0.867. The number of nitrogens with zero attached hydrogens (tertiary/aromatic N) is 2. The molecule has 2 rings (SSSR count). The van der Waals surface area contributed by atoms with E-state index in [2.05, 4.69) is 18.7 Å². The first-order valence-corrected chi connectivity index (χ1v) is 7.65. The second kappa shape index (κ2) is 6.89. The highest BCUT2D eigenvalue weighted by Crippen LogP contribution is 2.20. The SMILES string of the molecule is CCN(CC)C1CCN(C(=O)c2ccc(N)cc2F)CC1. The maximum Gasteiger partial charge on any atom is 0.256 e. The van der Waals surface area contributed by atoms with Gasteiger partial charge in [0.25, 0.3) is 5.91 Å². The van der Waals surface area contributed by atoms with Gasteiger partial charge in [-0.1, -0.05) is 13.8 Å². The third kappa shape index (κ3) is 3.53. The zero-order valence-corrected chi connectivity index (χ0v) is 12.8. The van der Waals surface area contributed by atoms with Crippen LogP contribution in [0.4, 0.5) is 10.1 Å². The number of likely N-dealkylation sites (tertiary alicyclic amines) is 1. The molecule has 2 N–H and O–H groups in total. The number of hydrogen-bond acceptors (Lipinski definition) is 3. The Morgan fingerprint density at radius 3 is 2.48 bits per heavy atom. The molecule has 116 valence electrons. The van der Waals surface area contributed by atoms with Gasteiger partial charge in [-0.25, -0.2) is 4.39 Å². The van der Waals surface area contributed by atoms with Crippen LogP contribution in [0.15, 0.2) is 18.2 Å². The molecule has 1 aromatic rings. The Kier molecular flexibility index (Phi) is 5.17. The van der Waals surface area contributed by atoms with Crippen molar-refractivity contribution in [1.82, 2.24) is 9.80 Å². The van der Waals surface area contributed by atoms with Gasteiger partial charge in [-0.05, 0) is 44.1 Å². The Morgan fingerprint density at radius 2 is 1.95 bits per heavy atom. The Hall–Kier alpha value is -1.62. The van der Waals surface area contributed by atoms with Gasteiger partial charge in [0.05, 0.1) is 5.56 Å². The highest BCUT2D eigenvalue weighted by atomic mass is 19.1. The van der Waals surface area contributed by atoms with Crippen LogP contribution in [0, 0.1) is 5.82 Å². The van der Waals surface area contributed by atoms with Crippen LogP contribution >= 0.6 is 0 Å². The minimum absolute atomic E-state index is 0.116. The number of carbonyl (C=O) groups excluding carboxylic acids is 1. The number of carbonyl (C=O) groups is 1. The lowest BCUT2D eigenvalue weighted by Gasteiger charge is -2.37. The standard InChI is InChI=1S/C16H24FN3O/c1-3-19(4-2)13-7-9-20(10-8-13)16(21)14-6-5-12(18)11-15(14)17/h5-6,11,13H,3-4,7-10,18H2,1-2H3. The summed E-state index contributed by atoms with van der Waals surface area (Å²) in [6.45, 7) is 7.74. The third-order valence-electron chi connectivity index (χ3n) is 4.30. The summed E-state index contributed by atoms with van der Waals surface area (Å²) in [6.07, 6.45) is 1.90. The van der Waals surface area contributed by atoms with E-state index in [-0.39, 0.29) is 11.5 Å². The zero-order valence-electron chi connectivity index (χ0n) is 12.8. The lowest BCUT2D eigenvalue weighted by atomic mass is 10.0. The molecular weight excluding hydrogens is 269 g/mol. The molecule has 21 heavy (non-hydrogen) atoms. The molecule has 4 nitrogen and oxygen atoms in total. The molecule has 1 aliphatic rings. The molecule has 0 aliphatic carbocycles. The van der Waals surface area contributed by atoms with Crippen molar-refractivity contribution in [2.24, 2.45) is 0 Å². The Morgan fingerprint density at radius 1 is 1.33 bits per heavy atom. The lowest BCUT2D eigenvalue weighted by molar-refractivity contribution is 0.0627. The molecule has 1 saturated heterocycles. The maximum atomic E-state index is 13.8. The molecule has 1 heterocycles. The van der Waals surface area contributed by atoms with Crippen LogP contribution < -0.4 is 5.73 Å². The Labute approximate surface area is 125 Å². The van der Waals surface area contributed by atoms with Crippen molar-refractivity contribution in [2.75, 3.05) is 31.9 Å². The average molecular weight is 293 g/mol. The number of hydrogen-bond donors (Lipinski definition) is 1. The summed E-state index contributed by atoms with van der Waals surface area (Å²) in [5.74, 6) is -0.767. The second-order valence-corrected chi connectivity index (χ2v) is 5.48. The number of nitrogens with two attached hydrogens (primary N) is 1. The highest BCUT2D eigenvalue weighted by Gasteiger charge is 2.27. The number of amides is 1. The fraction of sp³-hybridized carbons (Fsp3) is 0.562. The van der Waals surface area contributed by atoms with Crippen molar-refractivity contribution in [3.05, 3.63) is 29.6 Å². The fourth-order valence-corrected chi connectivity index (χ4v) is 3.05. The van der Waals surface area contributed by atoms with Gasteiger partial charge in [-0.2, -0.15) is 0 Å². The topological polar surface area (TPSA) is 49.6 Å². The first kappa shape index (κ1) is 15.8. The number of nitrogen functional groups attached to an aromatic ring is 1.